The maximum atomic E-state index is 11.7. The van der Waals surface area contributed by atoms with Gasteiger partial charge in [-0.3, -0.25) is 4.79 Å². The molecule has 1 aliphatic rings. The maximum absolute atomic E-state index is 11.7. The van der Waals surface area contributed by atoms with Crippen molar-refractivity contribution >= 4 is 5.97 Å². The van der Waals surface area contributed by atoms with Crippen LogP contribution < -0.4 is 0 Å². The summed E-state index contributed by atoms with van der Waals surface area (Å²) in [5.74, 6) is 0.591. The molecule has 1 aliphatic carbocycles. The van der Waals surface area contributed by atoms with E-state index in [1.165, 1.54) is 44.9 Å². The van der Waals surface area contributed by atoms with Gasteiger partial charge in [0.15, 0.2) is 0 Å². The summed E-state index contributed by atoms with van der Waals surface area (Å²) in [6.45, 7) is 4.41. The molecule has 0 aliphatic heterocycles. The maximum Gasteiger partial charge on any atom is 0.306 e. The van der Waals surface area contributed by atoms with Crippen molar-refractivity contribution in [1.29, 1.82) is 0 Å². The van der Waals surface area contributed by atoms with Crippen molar-refractivity contribution in [1.82, 2.24) is 0 Å². The third-order valence-electron chi connectivity index (χ3n) is 3.80. The van der Waals surface area contributed by atoms with Crippen LogP contribution >= 0.6 is 0 Å². The average molecular weight is 240 g/mol. The molecule has 2 atom stereocenters. The number of hydrogen-bond donors (Lipinski definition) is 0. The highest BCUT2D eigenvalue weighted by Gasteiger charge is 2.24. The van der Waals surface area contributed by atoms with Crippen molar-refractivity contribution in [2.24, 2.45) is 5.92 Å². The Hall–Kier alpha value is -0.530. The standard InChI is InChI=1S/C15H28O2/c1-3-4-5-6-7-12-15(16)17-14-11-9-8-10-13(14)2/h13-14H,3-12H2,1-2H3/t13-,14-/m0/s1. The topological polar surface area (TPSA) is 26.3 Å². The van der Waals surface area contributed by atoms with Gasteiger partial charge in [-0.1, -0.05) is 46.0 Å². The smallest absolute Gasteiger partial charge is 0.306 e. The first kappa shape index (κ1) is 14.5. The minimum atomic E-state index is 0.0280. The van der Waals surface area contributed by atoms with E-state index >= 15 is 0 Å². The molecule has 1 fully saturated rings. The van der Waals surface area contributed by atoms with Crippen molar-refractivity contribution in [2.45, 2.75) is 84.2 Å². The van der Waals surface area contributed by atoms with Gasteiger partial charge >= 0.3 is 5.97 Å². The summed E-state index contributed by atoms with van der Waals surface area (Å²) in [6, 6.07) is 0. The molecule has 1 saturated carbocycles. The Kier molecular flexibility index (Phi) is 7.30. The molecular formula is C15H28O2. The normalized spacial score (nSPS) is 24.6. The SMILES string of the molecule is CCCCCCCC(=O)O[C@H]1CCCC[C@@H]1C. The van der Waals surface area contributed by atoms with E-state index in [0.717, 1.165) is 12.8 Å². The van der Waals surface area contributed by atoms with E-state index in [-0.39, 0.29) is 12.1 Å². The molecule has 17 heavy (non-hydrogen) atoms. The Morgan fingerprint density at radius 1 is 1.12 bits per heavy atom. The highest BCUT2D eigenvalue weighted by Crippen LogP contribution is 2.26. The second kappa shape index (κ2) is 8.54. The summed E-state index contributed by atoms with van der Waals surface area (Å²) in [4.78, 5) is 11.7. The van der Waals surface area contributed by atoms with Crippen molar-refractivity contribution in [2.75, 3.05) is 0 Å². The predicted octanol–water partition coefficient (Wildman–Crippen LogP) is 4.47. The van der Waals surface area contributed by atoms with Gasteiger partial charge in [0.1, 0.15) is 6.10 Å². The van der Waals surface area contributed by atoms with Crippen LogP contribution in [0.5, 0.6) is 0 Å². The van der Waals surface area contributed by atoms with Crippen LogP contribution in [0.15, 0.2) is 0 Å². The van der Waals surface area contributed by atoms with Gasteiger partial charge in [0.05, 0.1) is 0 Å². The number of esters is 1. The number of carbonyl (C=O) groups excluding carboxylic acids is 1. The quantitative estimate of drug-likeness (QED) is 0.485. The minimum Gasteiger partial charge on any atom is -0.462 e. The second-order valence-electron chi connectivity index (χ2n) is 5.45. The van der Waals surface area contributed by atoms with Gasteiger partial charge in [0.25, 0.3) is 0 Å². The van der Waals surface area contributed by atoms with Crippen LogP contribution in [0.2, 0.25) is 0 Å². The van der Waals surface area contributed by atoms with Crippen LogP contribution in [0.25, 0.3) is 0 Å². The van der Waals surface area contributed by atoms with Crippen LogP contribution in [0.4, 0.5) is 0 Å². The molecule has 0 radical (unpaired) electrons. The summed E-state index contributed by atoms with van der Waals surface area (Å²) < 4.78 is 5.57. The molecule has 0 spiro atoms. The van der Waals surface area contributed by atoms with Crippen molar-refractivity contribution in [3.8, 4) is 0 Å². The van der Waals surface area contributed by atoms with Gasteiger partial charge in [-0.15, -0.1) is 0 Å². The fourth-order valence-electron chi connectivity index (χ4n) is 2.56. The van der Waals surface area contributed by atoms with Crippen LogP contribution in [0.3, 0.4) is 0 Å². The lowest BCUT2D eigenvalue weighted by atomic mass is 9.88. The van der Waals surface area contributed by atoms with Crippen molar-refractivity contribution in [3.05, 3.63) is 0 Å². The zero-order chi connectivity index (χ0) is 12.5. The van der Waals surface area contributed by atoms with E-state index < -0.39 is 0 Å². The first-order valence-corrected chi connectivity index (χ1v) is 7.43. The lowest BCUT2D eigenvalue weighted by molar-refractivity contribution is -0.153. The second-order valence-corrected chi connectivity index (χ2v) is 5.45. The molecular weight excluding hydrogens is 212 g/mol. The first-order valence-electron chi connectivity index (χ1n) is 7.43. The van der Waals surface area contributed by atoms with Crippen LogP contribution in [0.1, 0.15) is 78.1 Å². The monoisotopic (exact) mass is 240 g/mol. The van der Waals surface area contributed by atoms with Crippen LogP contribution in [-0.2, 0) is 9.53 Å². The largest absolute Gasteiger partial charge is 0.462 e. The molecule has 1 rings (SSSR count). The molecule has 0 saturated heterocycles. The molecule has 0 bridgehead atoms. The van der Waals surface area contributed by atoms with E-state index in [1.807, 2.05) is 0 Å². The third-order valence-corrected chi connectivity index (χ3v) is 3.80. The Morgan fingerprint density at radius 2 is 1.82 bits per heavy atom. The summed E-state index contributed by atoms with van der Waals surface area (Å²) in [5.41, 5.74) is 0. The summed E-state index contributed by atoms with van der Waals surface area (Å²) in [5, 5.41) is 0. The number of carbonyl (C=O) groups is 1. The Labute approximate surface area is 106 Å². The molecule has 0 N–H and O–H groups in total. The van der Waals surface area contributed by atoms with E-state index in [0.29, 0.717) is 12.3 Å². The number of ether oxygens (including phenoxy) is 1. The Morgan fingerprint density at radius 3 is 2.53 bits per heavy atom. The Bertz CT molecular complexity index is 213. The van der Waals surface area contributed by atoms with Crippen molar-refractivity contribution < 1.29 is 9.53 Å². The van der Waals surface area contributed by atoms with Gasteiger partial charge in [-0.05, 0) is 31.6 Å². The lowest BCUT2D eigenvalue weighted by Gasteiger charge is -2.28. The van der Waals surface area contributed by atoms with E-state index in [1.54, 1.807) is 0 Å². The van der Waals surface area contributed by atoms with Crippen LogP contribution in [-0.4, -0.2) is 12.1 Å². The molecule has 2 heteroatoms. The number of hydrogen-bond acceptors (Lipinski definition) is 2. The van der Waals surface area contributed by atoms with Crippen molar-refractivity contribution in [3.63, 3.8) is 0 Å². The molecule has 0 unspecified atom stereocenters. The molecule has 0 aromatic carbocycles. The van der Waals surface area contributed by atoms with Gasteiger partial charge in [-0.25, -0.2) is 0 Å². The molecule has 2 nitrogen and oxygen atoms in total. The zero-order valence-corrected chi connectivity index (χ0v) is 11.5. The average Bonchev–Trinajstić information content (AvgIpc) is 2.32. The molecule has 0 amide bonds. The number of rotatable bonds is 7. The van der Waals surface area contributed by atoms with Gasteiger partial charge < -0.3 is 4.74 Å². The Balaban J connectivity index is 2.07. The van der Waals surface area contributed by atoms with Gasteiger partial charge in [-0.2, -0.15) is 0 Å². The summed E-state index contributed by atoms with van der Waals surface area (Å²) >= 11 is 0. The molecule has 0 aromatic heterocycles. The lowest BCUT2D eigenvalue weighted by Crippen LogP contribution is -2.28. The predicted molar refractivity (Wildman–Crippen MR) is 70.9 cm³/mol. The number of unbranched alkanes of at least 4 members (excludes halogenated alkanes) is 4. The molecule has 100 valence electrons. The molecule has 0 aromatic rings. The van der Waals surface area contributed by atoms with Crippen LogP contribution in [0, 0.1) is 5.92 Å². The third kappa shape index (κ3) is 6.09. The van der Waals surface area contributed by atoms with E-state index in [4.69, 9.17) is 4.74 Å². The fraction of sp³-hybridized carbons (Fsp3) is 0.933. The fourth-order valence-corrected chi connectivity index (χ4v) is 2.56. The summed E-state index contributed by atoms with van der Waals surface area (Å²) in [6.07, 6.45) is 11.6. The highest BCUT2D eigenvalue weighted by molar-refractivity contribution is 5.69. The van der Waals surface area contributed by atoms with Gasteiger partial charge in [0.2, 0.25) is 0 Å². The molecule has 0 heterocycles. The van der Waals surface area contributed by atoms with E-state index in [2.05, 4.69) is 13.8 Å². The highest BCUT2D eigenvalue weighted by atomic mass is 16.5. The summed E-state index contributed by atoms with van der Waals surface area (Å²) in [7, 11) is 0. The minimum absolute atomic E-state index is 0.0280. The van der Waals surface area contributed by atoms with E-state index in [9.17, 15) is 4.79 Å². The first-order chi connectivity index (χ1) is 8.24. The van der Waals surface area contributed by atoms with Gasteiger partial charge in [0, 0.05) is 6.42 Å². The zero-order valence-electron chi connectivity index (χ0n) is 11.5.